The molecule has 0 spiro atoms. The first kappa shape index (κ1) is 9.33. The highest BCUT2D eigenvalue weighted by Crippen LogP contribution is 2.38. The zero-order valence-corrected chi connectivity index (χ0v) is 9.20. The first-order valence-corrected chi connectivity index (χ1v) is 6.40. The third kappa shape index (κ3) is 1.57. The van der Waals surface area contributed by atoms with Crippen molar-refractivity contribution in [1.29, 1.82) is 0 Å². The largest absolute Gasteiger partial charge is 0.438 e. The number of rotatable bonds is 2. The lowest BCUT2D eigenvalue weighted by Crippen LogP contribution is -2.20. The van der Waals surface area contributed by atoms with Crippen LogP contribution in [0.25, 0.3) is 0 Å². The molecule has 4 heteroatoms. The number of furan rings is 1. The van der Waals surface area contributed by atoms with E-state index in [1.807, 2.05) is 6.07 Å². The van der Waals surface area contributed by atoms with Gasteiger partial charge in [0.1, 0.15) is 0 Å². The highest BCUT2D eigenvalue weighted by molar-refractivity contribution is 7.99. The van der Waals surface area contributed by atoms with E-state index in [2.05, 4.69) is 16.7 Å². The number of nitrogens with zero attached hydrogens (tertiary/aromatic N) is 1. The molecule has 0 unspecified atom stereocenters. The highest BCUT2D eigenvalue weighted by Gasteiger charge is 2.37. The van der Waals surface area contributed by atoms with E-state index < -0.39 is 0 Å². The molecule has 1 aromatic heterocycles. The number of thioether (sulfide) groups is 1. The number of anilines is 1. The van der Waals surface area contributed by atoms with Gasteiger partial charge in [-0.05, 0) is 29.4 Å². The lowest BCUT2D eigenvalue weighted by Gasteiger charge is -2.15. The van der Waals surface area contributed by atoms with Gasteiger partial charge < -0.3 is 9.32 Å². The number of fused-ring (bicyclic) bond motifs is 1. The molecule has 3 rings (SSSR count). The van der Waals surface area contributed by atoms with Crippen LogP contribution in [0, 0.1) is 11.8 Å². The van der Waals surface area contributed by atoms with Crippen LogP contribution in [0.2, 0.25) is 0 Å². The van der Waals surface area contributed by atoms with Crippen LogP contribution in [0.3, 0.4) is 0 Å². The predicted octanol–water partition coefficient (Wildman–Crippen LogP) is 1.89. The van der Waals surface area contributed by atoms with Crippen molar-refractivity contribution in [2.75, 3.05) is 29.5 Å². The summed E-state index contributed by atoms with van der Waals surface area (Å²) in [5.41, 5.74) is 0. The summed E-state index contributed by atoms with van der Waals surface area (Å²) in [6.45, 7) is 2.17. The summed E-state index contributed by atoms with van der Waals surface area (Å²) in [7, 11) is 0. The number of hydrogen-bond acceptors (Lipinski definition) is 4. The monoisotopic (exact) mass is 223 g/mol. The Morgan fingerprint density at radius 2 is 2.07 bits per heavy atom. The van der Waals surface area contributed by atoms with Crippen molar-refractivity contribution in [3.8, 4) is 0 Å². The number of carbonyl (C=O) groups is 1. The van der Waals surface area contributed by atoms with Gasteiger partial charge in [0, 0.05) is 19.2 Å². The second-order valence-corrected chi connectivity index (χ2v) is 5.33. The zero-order valence-electron chi connectivity index (χ0n) is 8.39. The van der Waals surface area contributed by atoms with Crippen molar-refractivity contribution < 1.29 is 9.21 Å². The Hall–Kier alpha value is -0.900. The molecule has 0 radical (unpaired) electrons. The standard InChI is InChI=1S/C11H13NO2S/c13-5-10-1-2-11(14-10)12-3-8-6-15-7-9(8)4-12/h1-2,5,8-9H,3-4,6-7H2/t8-,9+. The Labute approximate surface area is 92.8 Å². The van der Waals surface area contributed by atoms with E-state index in [0.29, 0.717) is 5.76 Å². The van der Waals surface area contributed by atoms with Gasteiger partial charge in [0.25, 0.3) is 0 Å². The van der Waals surface area contributed by atoms with Crippen LogP contribution in [-0.2, 0) is 0 Å². The van der Waals surface area contributed by atoms with Crippen LogP contribution >= 0.6 is 11.8 Å². The van der Waals surface area contributed by atoms with Gasteiger partial charge in [-0.15, -0.1) is 0 Å². The van der Waals surface area contributed by atoms with Crippen molar-refractivity contribution in [3.63, 3.8) is 0 Å². The summed E-state index contributed by atoms with van der Waals surface area (Å²) in [6.07, 6.45) is 0.760. The molecule has 3 heterocycles. The van der Waals surface area contributed by atoms with Gasteiger partial charge in [0.15, 0.2) is 17.9 Å². The van der Waals surface area contributed by atoms with E-state index in [1.165, 1.54) is 11.5 Å². The van der Waals surface area contributed by atoms with Crippen LogP contribution in [-0.4, -0.2) is 30.9 Å². The minimum absolute atomic E-state index is 0.427. The van der Waals surface area contributed by atoms with Crippen molar-refractivity contribution in [3.05, 3.63) is 17.9 Å². The Balaban J connectivity index is 1.76. The summed E-state index contributed by atoms with van der Waals surface area (Å²) in [6, 6.07) is 3.64. The third-order valence-electron chi connectivity index (χ3n) is 3.28. The molecule has 0 bridgehead atoms. The molecule has 1 aromatic rings. The van der Waals surface area contributed by atoms with Crippen molar-refractivity contribution in [2.24, 2.45) is 11.8 Å². The molecule has 2 fully saturated rings. The topological polar surface area (TPSA) is 33.5 Å². The molecule has 0 aromatic carbocycles. The third-order valence-corrected chi connectivity index (χ3v) is 4.61. The average molecular weight is 223 g/mol. The lowest BCUT2D eigenvalue weighted by molar-refractivity contribution is 0.110. The molecule has 3 nitrogen and oxygen atoms in total. The smallest absolute Gasteiger partial charge is 0.196 e. The molecule has 2 aliphatic heterocycles. The number of hydrogen-bond donors (Lipinski definition) is 0. The summed E-state index contributed by atoms with van der Waals surface area (Å²) in [4.78, 5) is 12.8. The van der Waals surface area contributed by atoms with E-state index in [4.69, 9.17) is 4.42 Å². The second kappa shape index (κ2) is 3.59. The SMILES string of the molecule is O=Cc1ccc(N2C[C@H]3CSC[C@H]3C2)o1. The molecule has 0 saturated carbocycles. The van der Waals surface area contributed by atoms with Crippen LogP contribution in [0.5, 0.6) is 0 Å². The summed E-state index contributed by atoms with van der Waals surface area (Å²) < 4.78 is 5.43. The van der Waals surface area contributed by atoms with Crippen LogP contribution in [0.1, 0.15) is 10.6 Å². The molecule has 15 heavy (non-hydrogen) atoms. The molecule has 0 N–H and O–H groups in total. The molecular weight excluding hydrogens is 210 g/mol. The van der Waals surface area contributed by atoms with Crippen molar-refractivity contribution in [1.82, 2.24) is 0 Å². The maximum atomic E-state index is 10.5. The average Bonchev–Trinajstić information content (AvgIpc) is 2.91. The normalized spacial score (nSPS) is 29.5. The summed E-state index contributed by atoms with van der Waals surface area (Å²) in [5, 5.41) is 0. The first-order valence-electron chi connectivity index (χ1n) is 5.24. The zero-order chi connectivity index (χ0) is 10.3. The Kier molecular flexibility index (Phi) is 2.24. The van der Waals surface area contributed by atoms with Crippen molar-refractivity contribution >= 4 is 23.9 Å². The quantitative estimate of drug-likeness (QED) is 0.717. The van der Waals surface area contributed by atoms with Crippen LogP contribution < -0.4 is 4.90 Å². The minimum Gasteiger partial charge on any atom is -0.438 e. The minimum atomic E-state index is 0.427. The first-order chi connectivity index (χ1) is 7.36. The second-order valence-electron chi connectivity index (χ2n) is 4.26. The van der Waals surface area contributed by atoms with Gasteiger partial charge in [0.05, 0.1) is 0 Å². The molecule has 80 valence electrons. The molecular formula is C11H13NO2S. The van der Waals surface area contributed by atoms with Gasteiger partial charge in [0.2, 0.25) is 0 Å². The maximum absolute atomic E-state index is 10.5. The van der Waals surface area contributed by atoms with E-state index >= 15 is 0 Å². The predicted molar refractivity (Wildman–Crippen MR) is 60.6 cm³/mol. The fourth-order valence-corrected chi connectivity index (χ4v) is 3.94. The van der Waals surface area contributed by atoms with E-state index in [0.717, 1.165) is 37.1 Å². The van der Waals surface area contributed by atoms with Crippen LogP contribution in [0.4, 0.5) is 5.88 Å². The Morgan fingerprint density at radius 1 is 1.33 bits per heavy atom. The Morgan fingerprint density at radius 3 is 2.67 bits per heavy atom. The fraction of sp³-hybridized carbons (Fsp3) is 0.545. The van der Waals surface area contributed by atoms with Gasteiger partial charge in [-0.1, -0.05) is 0 Å². The summed E-state index contributed by atoms with van der Waals surface area (Å²) >= 11 is 2.06. The Bertz CT molecular complexity index is 364. The van der Waals surface area contributed by atoms with Crippen molar-refractivity contribution in [2.45, 2.75) is 0 Å². The molecule has 2 saturated heterocycles. The van der Waals surface area contributed by atoms with Crippen LogP contribution in [0.15, 0.2) is 16.5 Å². The van der Waals surface area contributed by atoms with Gasteiger partial charge in [-0.25, -0.2) is 0 Å². The van der Waals surface area contributed by atoms with Gasteiger partial charge >= 0.3 is 0 Å². The van der Waals surface area contributed by atoms with E-state index in [-0.39, 0.29) is 0 Å². The maximum Gasteiger partial charge on any atom is 0.196 e. The highest BCUT2D eigenvalue weighted by atomic mass is 32.2. The lowest BCUT2D eigenvalue weighted by atomic mass is 10.0. The molecule has 2 atom stereocenters. The van der Waals surface area contributed by atoms with Gasteiger partial charge in [-0.3, -0.25) is 4.79 Å². The summed E-state index contributed by atoms with van der Waals surface area (Å²) in [5.74, 6) is 5.48. The molecule has 0 amide bonds. The van der Waals surface area contributed by atoms with E-state index in [9.17, 15) is 4.79 Å². The van der Waals surface area contributed by atoms with E-state index in [1.54, 1.807) is 6.07 Å². The fourth-order valence-electron chi connectivity index (χ4n) is 2.44. The number of aldehydes is 1. The molecule has 0 aliphatic carbocycles. The number of carbonyl (C=O) groups excluding carboxylic acids is 1. The molecule has 2 aliphatic rings. The van der Waals surface area contributed by atoms with Gasteiger partial charge in [-0.2, -0.15) is 11.8 Å².